The molecule has 6 heteroatoms. The first-order chi connectivity index (χ1) is 11.1. The summed E-state index contributed by atoms with van der Waals surface area (Å²) in [4.78, 5) is 13.1. The smallest absolute Gasteiger partial charge is 0.171 e. The second-order valence-corrected chi connectivity index (χ2v) is 6.36. The molecule has 122 valence electrons. The zero-order valence-corrected chi connectivity index (χ0v) is 14.3. The number of fused-ring (bicyclic) bond motifs is 1. The summed E-state index contributed by atoms with van der Waals surface area (Å²) >= 11 is 6.27. The molecule has 0 aliphatic carbocycles. The van der Waals surface area contributed by atoms with Gasteiger partial charge in [-0.3, -0.25) is 4.90 Å². The molecular weight excluding hydrogens is 310 g/mol. The Morgan fingerprint density at radius 1 is 1.26 bits per heavy atom. The van der Waals surface area contributed by atoms with Gasteiger partial charge >= 0.3 is 0 Å². The van der Waals surface area contributed by atoms with E-state index >= 15 is 0 Å². The molecule has 5 nitrogen and oxygen atoms in total. The molecule has 0 unspecified atom stereocenters. The first-order valence-electron chi connectivity index (χ1n) is 7.86. The Morgan fingerprint density at radius 3 is 2.91 bits per heavy atom. The monoisotopic (exact) mass is 331 g/mol. The van der Waals surface area contributed by atoms with Gasteiger partial charge in [0.2, 0.25) is 0 Å². The van der Waals surface area contributed by atoms with Crippen molar-refractivity contribution in [3.8, 4) is 0 Å². The SMILES string of the molecule is CN(C)c1nccnc1NCCN1CCc2c(Cl)cccc2C1. The minimum absolute atomic E-state index is 0.831. The van der Waals surface area contributed by atoms with Crippen molar-refractivity contribution >= 4 is 23.2 Å². The molecule has 0 amide bonds. The lowest BCUT2D eigenvalue weighted by Crippen LogP contribution is -2.34. The average molecular weight is 332 g/mol. The zero-order valence-electron chi connectivity index (χ0n) is 13.6. The van der Waals surface area contributed by atoms with E-state index in [1.807, 2.05) is 31.1 Å². The van der Waals surface area contributed by atoms with E-state index in [-0.39, 0.29) is 0 Å². The van der Waals surface area contributed by atoms with E-state index in [9.17, 15) is 0 Å². The number of halogens is 1. The maximum absolute atomic E-state index is 6.27. The fourth-order valence-corrected chi connectivity index (χ4v) is 3.22. The number of rotatable bonds is 5. The summed E-state index contributed by atoms with van der Waals surface area (Å²) in [6.07, 6.45) is 4.45. The van der Waals surface area contributed by atoms with E-state index in [2.05, 4.69) is 26.3 Å². The molecular formula is C17H22ClN5. The van der Waals surface area contributed by atoms with Crippen LogP contribution in [-0.2, 0) is 13.0 Å². The molecule has 0 saturated carbocycles. The molecule has 2 aromatic rings. The Labute approximate surface area is 142 Å². The fourth-order valence-electron chi connectivity index (χ4n) is 2.93. The van der Waals surface area contributed by atoms with Crippen LogP contribution in [0.1, 0.15) is 11.1 Å². The second-order valence-electron chi connectivity index (χ2n) is 5.95. The van der Waals surface area contributed by atoms with Gasteiger partial charge in [0.25, 0.3) is 0 Å². The third-order valence-corrected chi connectivity index (χ3v) is 4.46. The molecule has 23 heavy (non-hydrogen) atoms. The Balaban J connectivity index is 1.56. The van der Waals surface area contributed by atoms with Gasteiger partial charge in [-0.1, -0.05) is 23.7 Å². The van der Waals surface area contributed by atoms with Crippen LogP contribution >= 0.6 is 11.6 Å². The van der Waals surface area contributed by atoms with Crippen LogP contribution in [0.25, 0.3) is 0 Å². The molecule has 1 aliphatic heterocycles. The highest BCUT2D eigenvalue weighted by Crippen LogP contribution is 2.25. The Morgan fingerprint density at radius 2 is 2.09 bits per heavy atom. The van der Waals surface area contributed by atoms with Crippen molar-refractivity contribution in [3.05, 3.63) is 46.7 Å². The number of aromatic nitrogens is 2. The van der Waals surface area contributed by atoms with Crippen molar-refractivity contribution in [2.45, 2.75) is 13.0 Å². The van der Waals surface area contributed by atoms with Crippen molar-refractivity contribution in [2.75, 3.05) is 43.9 Å². The van der Waals surface area contributed by atoms with Gasteiger partial charge in [-0.2, -0.15) is 0 Å². The lowest BCUT2D eigenvalue weighted by molar-refractivity contribution is 0.264. The van der Waals surface area contributed by atoms with E-state index in [4.69, 9.17) is 11.6 Å². The highest BCUT2D eigenvalue weighted by Gasteiger charge is 2.17. The summed E-state index contributed by atoms with van der Waals surface area (Å²) in [5.74, 6) is 1.70. The van der Waals surface area contributed by atoms with Crippen LogP contribution in [0.3, 0.4) is 0 Å². The number of hydrogen-bond acceptors (Lipinski definition) is 5. The minimum atomic E-state index is 0.831. The zero-order chi connectivity index (χ0) is 16.2. The number of nitrogens with one attached hydrogen (secondary N) is 1. The summed E-state index contributed by atoms with van der Waals surface area (Å²) in [5.41, 5.74) is 2.65. The normalized spacial score (nSPS) is 14.4. The highest BCUT2D eigenvalue weighted by atomic mass is 35.5. The van der Waals surface area contributed by atoms with Gasteiger partial charge < -0.3 is 10.2 Å². The van der Waals surface area contributed by atoms with E-state index in [1.165, 1.54) is 11.1 Å². The number of anilines is 2. The van der Waals surface area contributed by atoms with Crippen molar-refractivity contribution < 1.29 is 0 Å². The summed E-state index contributed by atoms with van der Waals surface area (Å²) in [7, 11) is 3.95. The van der Waals surface area contributed by atoms with Gasteiger partial charge in [-0.25, -0.2) is 9.97 Å². The second kappa shape index (κ2) is 7.15. The third-order valence-electron chi connectivity index (χ3n) is 4.11. The molecule has 3 rings (SSSR count). The van der Waals surface area contributed by atoms with Crippen molar-refractivity contribution in [1.29, 1.82) is 0 Å². The number of hydrogen-bond donors (Lipinski definition) is 1. The molecule has 1 N–H and O–H groups in total. The van der Waals surface area contributed by atoms with Gasteiger partial charge in [0.1, 0.15) is 0 Å². The summed E-state index contributed by atoms with van der Waals surface area (Å²) in [5, 5.41) is 4.29. The van der Waals surface area contributed by atoms with E-state index < -0.39 is 0 Å². The van der Waals surface area contributed by atoms with Crippen molar-refractivity contribution in [1.82, 2.24) is 14.9 Å². The van der Waals surface area contributed by atoms with E-state index in [1.54, 1.807) is 12.4 Å². The maximum atomic E-state index is 6.27. The predicted molar refractivity (Wildman–Crippen MR) is 95.3 cm³/mol. The number of benzene rings is 1. The van der Waals surface area contributed by atoms with Crippen LogP contribution in [0.2, 0.25) is 5.02 Å². The van der Waals surface area contributed by atoms with Crippen molar-refractivity contribution in [3.63, 3.8) is 0 Å². The Kier molecular flexibility index (Phi) is 4.98. The molecule has 1 aromatic carbocycles. The quantitative estimate of drug-likeness (QED) is 0.912. The van der Waals surface area contributed by atoms with Gasteiger partial charge in [-0.15, -0.1) is 0 Å². The number of nitrogens with zero attached hydrogens (tertiary/aromatic N) is 4. The van der Waals surface area contributed by atoms with Crippen LogP contribution in [0.4, 0.5) is 11.6 Å². The largest absolute Gasteiger partial charge is 0.366 e. The van der Waals surface area contributed by atoms with E-state index in [0.29, 0.717) is 0 Å². The lowest BCUT2D eigenvalue weighted by Gasteiger charge is -2.29. The van der Waals surface area contributed by atoms with Gasteiger partial charge in [0, 0.05) is 57.7 Å². The molecule has 0 saturated heterocycles. The van der Waals surface area contributed by atoms with Gasteiger partial charge in [0.05, 0.1) is 0 Å². The first-order valence-corrected chi connectivity index (χ1v) is 8.24. The average Bonchev–Trinajstić information content (AvgIpc) is 2.55. The topological polar surface area (TPSA) is 44.3 Å². The highest BCUT2D eigenvalue weighted by molar-refractivity contribution is 6.31. The fraction of sp³-hybridized carbons (Fsp3) is 0.412. The predicted octanol–water partition coefficient (Wildman–Crippen LogP) is 2.67. The molecule has 0 radical (unpaired) electrons. The van der Waals surface area contributed by atoms with Crippen LogP contribution in [0.5, 0.6) is 0 Å². The first kappa shape index (κ1) is 16.0. The standard InChI is InChI=1S/C17H22ClN5/c1-22(2)17-16(19-7-8-21-17)20-9-11-23-10-6-14-13(12-23)4-3-5-15(14)18/h3-5,7-8H,6,9-12H2,1-2H3,(H,19,20). The Bertz CT molecular complexity index is 674. The van der Waals surface area contributed by atoms with Crippen LogP contribution in [0, 0.1) is 0 Å². The van der Waals surface area contributed by atoms with Crippen LogP contribution < -0.4 is 10.2 Å². The summed E-state index contributed by atoms with van der Waals surface area (Å²) in [6, 6.07) is 6.19. The third kappa shape index (κ3) is 3.74. The van der Waals surface area contributed by atoms with Gasteiger partial charge in [-0.05, 0) is 23.6 Å². The summed E-state index contributed by atoms with van der Waals surface area (Å²) < 4.78 is 0. The molecule has 0 bridgehead atoms. The molecule has 0 spiro atoms. The molecule has 0 fully saturated rings. The summed E-state index contributed by atoms with van der Waals surface area (Å²) in [6.45, 7) is 3.81. The maximum Gasteiger partial charge on any atom is 0.171 e. The van der Waals surface area contributed by atoms with Crippen LogP contribution in [-0.4, -0.2) is 48.6 Å². The Hall–Kier alpha value is -1.85. The van der Waals surface area contributed by atoms with Gasteiger partial charge in [0.15, 0.2) is 11.6 Å². The van der Waals surface area contributed by atoms with Crippen molar-refractivity contribution in [2.24, 2.45) is 0 Å². The lowest BCUT2D eigenvalue weighted by atomic mass is 10.00. The minimum Gasteiger partial charge on any atom is -0.366 e. The molecule has 0 atom stereocenters. The van der Waals surface area contributed by atoms with Crippen LogP contribution in [0.15, 0.2) is 30.6 Å². The molecule has 1 aromatic heterocycles. The molecule has 1 aliphatic rings. The van der Waals surface area contributed by atoms with E-state index in [0.717, 1.165) is 49.3 Å². The molecule has 2 heterocycles.